The van der Waals surface area contributed by atoms with Gasteiger partial charge in [0.05, 0.1) is 10.2 Å². The number of phenolic OH excluding ortho intramolecular Hbond substituents is 1. The number of hydrogen-bond acceptors (Lipinski definition) is 4. The Bertz CT molecular complexity index is 1120. The maximum atomic E-state index is 10.9. The molecule has 130 valence electrons. The molecule has 1 aliphatic rings. The predicted octanol–water partition coefficient (Wildman–Crippen LogP) is 5.72. The summed E-state index contributed by atoms with van der Waals surface area (Å²) < 4.78 is 1.15. The van der Waals surface area contributed by atoms with Crippen molar-refractivity contribution in [1.29, 1.82) is 0 Å². The fraction of sp³-hybridized carbons (Fsp3) is 0.227. The van der Waals surface area contributed by atoms with E-state index in [9.17, 15) is 5.11 Å². The van der Waals surface area contributed by atoms with Crippen LogP contribution in [0.5, 0.6) is 5.75 Å². The van der Waals surface area contributed by atoms with Gasteiger partial charge in [-0.1, -0.05) is 24.3 Å². The number of hydrogen-bond donors (Lipinski definition) is 2. The third kappa shape index (κ3) is 2.41. The first kappa shape index (κ1) is 15.8. The Hall–Kier alpha value is -2.43. The summed E-state index contributed by atoms with van der Waals surface area (Å²) in [5, 5.41) is 15.3. The van der Waals surface area contributed by atoms with Gasteiger partial charge in [0.25, 0.3) is 0 Å². The van der Waals surface area contributed by atoms with Crippen LogP contribution >= 0.6 is 11.3 Å². The molecule has 2 aromatic carbocycles. The maximum Gasteiger partial charge on any atom is 0.124 e. The summed E-state index contributed by atoms with van der Waals surface area (Å²) in [6.07, 6.45) is 4.33. The SMILES string of the molecule is CC(N)c1ccc(-c2c(O)cc(C3CC3)c3ncc4sccc4c23)cc1. The van der Waals surface area contributed by atoms with Gasteiger partial charge in [0.2, 0.25) is 0 Å². The second-order valence-electron chi connectivity index (χ2n) is 7.23. The van der Waals surface area contributed by atoms with Crippen molar-refractivity contribution < 1.29 is 5.11 Å². The number of aromatic nitrogens is 1. The minimum atomic E-state index is -0.00289. The number of nitrogens with zero attached hydrogens (tertiary/aromatic N) is 1. The van der Waals surface area contributed by atoms with Gasteiger partial charge in [-0.2, -0.15) is 0 Å². The summed E-state index contributed by atoms with van der Waals surface area (Å²) >= 11 is 1.69. The van der Waals surface area contributed by atoms with E-state index in [0.29, 0.717) is 11.7 Å². The molecule has 1 atom stereocenters. The van der Waals surface area contributed by atoms with Crippen LogP contribution < -0.4 is 5.73 Å². The van der Waals surface area contributed by atoms with Crippen LogP contribution in [0.25, 0.3) is 32.1 Å². The monoisotopic (exact) mass is 360 g/mol. The maximum absolute atomic E-state index is 10.9. The van der Waals surface area contributed by atoms with Gasteiger partial charge in [0.1, 0.15) is 5.75 Å². The summed E-state index contributed by atoms with van der Waals surface area (Å²) in [6, 6.07) is 12.3. The van der Waals surface area contributed by atoms with Gasteiger partial charge in [-0.15, -0.1) is 11.3 Å². The van der Waals surface area contributed by atoms with Gasteiger partial charge >= 0.3 is 0 Å². The van der Waals surface area contributed by atoms with Gasteiger partial charge < -0.3 is 10.8 Å². The van der Waals surface area contributed by atoms with Crippen molar-refractivity contribution in [3.05, 3.63) is 59.1 Å². The molecule has 0 bridgehead atoms. The second kappa shape index (κ2) is 5.79. The number of fused-ring (bicyclic) bond motifs is 3. The molecule has 3 N–H and O–H groups in total. The number of thiophene rings is 1. The van der Waals surface area contributed by atoms with Crippen molar-refractivity contribution in [1.82, 2.24) is 4.98 Å². The van der Waals surface area contributed by atoms with E-state index < -0.39 is 0 Å². The molecule has 4 aromatic rings. The lowest BCUT2D eigenvalue weighted by atomic mass is 9.92. The zero-order valence-corrected chi connectivity index (χ0v) is 15.4. The molecule has 0 saturated heterocycles. The van der Waals surface area contributed by atoms with E-state index in [-0.39, 0.29) is 6.04 Å². The summed E-state index contributed by atoms with van der Waals surface area (Å²) in [7, 11) is 0. The first-order chi connectivity index (χ1) is 12.6. The van der Waals surface area contributed by atoms with Crippen LogP contribution in [0.2, 0.25) is 0 Å². The van der Waals surface area contributed by atoms with Crippen LogP contribution in [-0.2, 0) is 0 Å². The molecule has 26 heavy (non-hydrogen) atoms. The van der Waals surface area contributed by atoms with Gasteiger partial charge in [-0.05, 0) is 59.9 Å². The molecule has 0 aliphatic heterocycles. The highest BCUT2D eigenvalue weighted by atomic mass is 32.1. The molecule has 1 unspecified atom stereocenters. The Morgan fingerprint density at radius 1 is 1.19 bits per heavy atom. The fourth-order valence-corrected chi connectivity index (χ4v) is 4.54. The summed E-state index contributed by atoms with van der Waals surface area (Å²) in [6.45, 7) is 1.98. The zero-order chi connectivity index (χ0) is 17.8. The third-order valence-corrected chi connectivity index (χ3v) is 6.18. The minimum Gasteiger partial charge on any atom is -0.507 e. The standard InChI is InChI=1S/C22H20N2OS/c1-12(23)13-2-6-15(7-3-13)20-18(25)10-17(14-4-5-14)22-21(20)16-8-9-26-19(16)11-24-22/h2-3,6-12,14,25H,4-5,23H2,1H3. The Morgan fingerprint density at radius 2 is 1.96 bits per heavy atom. The van der Waals surface area contributed by atoms with Crippen molar-refractivity contribution >= 4 is 32.3 Å². The largest absolute Gasteiger partial charge is 0.507 e. The zero-order valence-electron chi connectivity index (χ0n) is 14.6. The van der Waals surface area contributed by atoms with Crippen LogP contribution in [0.3, 0.4) is 0 Å². The molecule has 5 rings (SSSR count). The first-order valence-electron chi connectivity index (χ1n) is 9.01. The lowest BCUT2D eigenvalue weighted by Gasteiger charge is -2.15. The van der Waals surface area contributed by atoms with Gasteiger partial charge in [0.15, 0.2) is 0 Å². The smallest absolute Gasteiger partial charge is 0.124 e. The van der Waals surface area contributed by atoms with Crippen LogP contribution in [0.1, 0.15) is 42.9 Å². The number of benzene rings is 2. The Kier molecular flexibility index (Phi) is 3.52. The molecule has 2 aromatic heterocycles. The first-order valence-corrected chi connectivity index (χ1v) is 9.89. The average Bonchev–Trinajstić information content (AvgIpc) is 3.37. The van der Waals surface area contributed by atoms with Gasteiger partial charge in [0, 0.05) is 28.6 Å². The highest BCUT2D eigenvalue weighted by Crippen LogP contribution is 2.49. The molecule has 0 amide bonds. The van der Waals surface area contributed by atoms with E-state index in [4.69, 9.17) is 10.7 Å². The quantitative estimate of drug-likeness (QED) is 0.491. The number of nitrogens with two attached hydrogens (primary N) is 1. The third-order valence-electron chi connectivity index (χ3n) is 5.33. The van der Waals surface area contributed by atoms with Crippen molar-refractivity contribution in [2.45, 2.75) is 31.7 Å². The lowest BCUT2D eigenvalue weighted by molar-refractivity contribution is 0.477. The highest BCUT2D eigenvalue weighted by molar-refractivity contribution is 7.17. The highest BCUT2D eigenvalue weighted by Gasteiger charge is 2.29. The van der Waals surface area contributed by atoms with E-state index in [1.807, 2.05) is 31.3 Å². The van der Waals surface area contributed by atoms with E-state index in [2.05, 4.69) is 23.6 Å². The molecular formula is C22H20N2OS. The van der Waals surface area contributed by atoms with E-state index in [1.54, 1.807) is 11.3 Å². The summed E-state index contributed by atoms with van der Waals surface area (Å²) in [5.41, 5.74) is 11.2. The second-order valence-corrected chi connectivity index (χ2v) is 8.17. The number of pyridine rings is 1. The van der Waals surface area contributed by atoms with E-state index >= 15 is 0 Å². The van der Waals surface area contributed by atoms with Crippen LogP contribution in [-0.4, -0.2) is 10.1 Å². The van der Waals surface area contributed by atoms with Crippen molar-refractivity contribution in [2.75, 3.05) is 0 Å². The van der Waals surface area contributed by atoms with Crippen LogP contribution in [0.4, 0.5) is 0 Å². The predicted molar refractivity (Wildman–Crippen MR) is 109 cm³/mol. The van der Waals surface area contributed by atoms with Crippen LogP contribution in [0, 0.1) is 0 Å². The van der Waals surface area contributed by atoms with Crippen molar-refractivity contribution in [2.24, 2.45) is 5.73 Å². The molecule has 0 spiro atoms. The molecule has 4 heteroatoms. The summed E-state index contributed by atoms with van der Waals surface area (Å²) in [4.78, 5) is 4.80. The lowest BCUT2D eigenvalue weighted by Crippen LogP contribution is -2.04. The number of rotatable bonds is 3. The van der Waals surface area contributed by atoms with Gasteiger partial charge in [-0.3, -0.25) is 4.98 Å². The van der Waals surface area contributed by atoms with Gasteiger partial charge in [-0.25, -0.2) is 0 Å². The Labute approximate surface area is 156 Å². The van der Waals surface area contributed by atoms with E-state index in [0.717, 1.165) is 32.3 Å². The Morgan fingerprint density at radius 3 is 2.65 bits per heavy atom. The Balaban J connectivity index is 1.85. The topological polar surface area (TPSA) is 59.1 Å². The molecule has 1 aliphatic carbocycles. The minimum absolute atomic E-state index is 0.00289. The molecule has 2 heterocycles. The average molecular weight is 360 g/mol. The normalized spacial score (nSPS) is 15.6. The van der Waals surface area contributed by atoms with E-state index in [1.165, 1.54) is 23.8 Å². The van der Waals surface area contributed by atoms with Crippen LogP contribution in [0.15, 0.2) is 48.0 Å². The molecule has 3 nitrogen and oxygen atoms in total. The summed E-state index contributed by atoms with van der Waals surface area (Å²) in [5.74, 6) is 0.870. The number of aromatic hydroxyl groups is 1. The number of phenols is 1. The van der Waals surface area contributed by atoms with Crippen molar-refractivity contribution in [3.8, 4) is 16.9 Å². The molecular weight excluding hydrogens is 340 g/mol. The fourth-order valence-electron chi connectivity index (χ4n) is 3.78. The molecule has 1 fully saturated rings. The molecule has 1 saturated carbocycles. The molecule has 0 radical (unpaired) electrons. The van der Waals surface area contributed by atoms with Crippen molar-refractivity contribution in [3.63, 3.8) is 0 Å².